The van der Waals surface area contributed by atoms with Gasteiger partial charge >= 0.3 is 68.5 Å². The summed E-state index contributed by atoms with van der Waals surface area (Å²) in [4.78, 5) is 4.31. The van der Waals surface area contributed by atoms with E-state index in [0.29, 0.717) is 0 Å². The van der Waals surface area contributed by atoms with Crippen molar-refractivity contribution in [2.24, 2.45) is 0 Å². The van der Waals surface area contributed by atoms with Crippen LogP contribution in [0.15, 0.2) is 12.1 Å². The van der Waals surface area contributed by atoms with E-state index in [1.807, 2.05) is 6.92 Å². The van der Waals surface area contributed by atoms with Crippen molar-refractivity contribution in [3.63, 3.8) is 0 Å². The molecule has 1 aromatic heterocycles. The summed E-state index contributed by atoms with van der Waals surface area (Å²) in [6, 6.07) is 4.22. The van der Waals surface area contributed by atoms with E-state index < -0.39 is 0 Å². The molecular formula is C7H9NSn. The second-order valence-electron chi connectivity index (χ2n) is 2.13. The average molecular weight is 226 g/mol. The van der Waals surface area contributed by atoms with E-state index in [2.05, 4.69) is 24.0 Å². The van der Waals surface area contributed by atoms with Crippen molar-refractivity contribution in [2.45, 2.75) is 13.8 Å². The predicted octanol–water partition coefficient (Wildman–Crippen LogP) is 0.225. The Labute approximate surface area is 68.6 Å². The van der Waals surface area contributed by atoms with Crippen LogP contribution in [0.25, 0.3) is 0 Å². The van der Waals surface area contributed by atoms with Gasteiger partial charge in [-0.15, -0.1) is 0 Å². The minimum atomic E-state index is 1.12. The van der Waals surface area contributed by atoms with Crippen LogP contribution in [0.1, 0.15) is 11.4 Å². The zero-order valence-electron chi connectivity index (χ0n) is 5.68. The third-order valence-electron chi connectivity index (χ3n) is 1.27. The topological polar surface area (TPSA) is 12.9 Å². The van der Waals surface area contributed by atoms with Gasteiger partial charge in [-0.05, 0) is 0 Å². The molecule has 2 heteroatoms. The van der Waals surface area contributed by atoms with Gasteiger partial charge in [0.1, 0.15) is 0 Å². The molecule has 1 heterocycles. The van der Waals surface area contributed by atoms with Gasteiger partial charge in [0.25, 0.3) is 0 Å². The summed E-state index contributed by atoms with van der Waals surface area (Å²) in [5, 5.41) is 0. The molecule has 0 bridgehead atoms. The van der Waals surface area contributed by atoms with Crippen LogP contribution < -0.4 is 3.58 Å². The summed E-state index contributed by atoms with van der Waals surface area (Å²) in [7, 11) is 0. The number of nitrogens with zero attached hydrogens (tertiary/aromatic N) is 1. The zero-order chi connectivity index (χ0) is 6.85. The molecule has 0 saturated carbocycles. The van der Waals surface area contributed by atoms with E-state index in [1.54, 1.807) is 0 Å². The van der Waals surface area contributed by atoms with Gasteiger partial charge in [0, 0.05) is 0 Å². The molecule has 0 aliphatic heterocycles. The number of hydrogen-bond donors (Lipinski definition) is 0. The molecule has 46 valence electrons. The summed E-state index contributed by atoms with van der Waals surface area (Å²) in [5.41, 5.74) is 2.31. The van der Waals surface area contributed by atoms with Crippen molar-refractivity contribution in [3.8, 4) is 0 Å². The summed E-state index contributed by atoms with van der Waals surface area (Å²) in [5.74, 6) is 0. The Morgan fingerprint density at radius 2 is 2.00 bits per heavy atom. The standard InChI is InChI=1S/C7H8N.Sn.H/c1-6-4-3-5-7(2)8-6;;/h3-4H,1-2H3;;. The van der Waals surface area contributed by atoms with Crippen molar-refractivity contribution in [1.29, 1.82) is 0 Å². The summed E-state index contributed by atoms with van der Waals surface area (Å²) in [6.07, 6.45) is 0. The molecular weight excluding hydrogens is 217 g/mol. The second kappa shape index (κ2) is 2.69. The van der Waals surface area contributed by atoms with Crippen molar-refractivity contribution < 1.29 is 0 Å². The molecule has 0 N–H and O–H groups in total. The monoisotopic (exact) mass is 227 g/mol. The quantitative estimate of drug-likeness (QED) is 0.576. The first kappa shape index (κ1) is 7.06. The Morgan fingerprint density at radius 1 is 1.33 bits per heavy atom. The van der Waals surface area contributed by atoms with Gasteiger partial charge in [-0.3, -0.25) is 0 Å². The van der Waals surface area contributed by atoms with Crippen LogP contribution in [0, 0.1) is 13.8 Å². The Bertz CT molecular complexity index is 220. The van der Waals surface area contributed by atoms with E-state index in [4.69, 9.17) is 0 Å². The fourth-order valence-electron chi connectivity index (χ4n) is 0.697. The third-order valence-corrected chi connectivity index (χ3v) is 3.01. The van der Waals surface area contributed by atoms with Crippen LogP contribution in [0.2, 0.25) is 0 Å². The first-order valence-corrected chi connectivity index (χ1v) is 4.54. The predicted molar refractivity (Wildman–Crippen MR) is 40.5 cm³/mol. The van der Waals surface area contributed by atoms with Gasteiger partial charge in [0.15, 0.2) is 0 Å². The molecule has 0 aromatic carbocycles. The first-order chi connectivity index (χ1) is 4.20. The van der Waals surface area contributed by atoms with Crippen LogP contribution in [0.4, 0.5) is 0 Å². The molecule has 0 unspecified atom stereocenters. The van der Waals surface area contributed by atoms with E-state index in [0.717, 1.165) is 5.69 Å². The van der Waals surface area contributed by atoms with Crippen LogP contribution in [0.5, 0.6) is 0 Å². The van der Waals surface area contributed by atoms with E-state index >= 15 is 0 Å². The van der Waals surface area contributed by atoms with Crippen molar-refractivity contribution >= 4 is 26.1 Å². The number of pyridine rings is 1. The van der Waals surface area contributed by atoms with Gasteiger partial charge in [-0.2, -0.15) is 0 Å². The third kappa shape index (κ3) is 1.68. The van der Waals surface area contributed by atoms with Crippen LogP contribution >= 0.6 is 0 Å². The maximum absolute atomic E-state index is 4.31. The molecule has 2 radical (unpaired) electrons. The first-order valence-electron chi connectivity index (χ1n) is 2.90. The maximum atomic E-state index is 4.31. The minimum absolute atomic E-state index is 1.12. The molecule has 0 aliphatic carbocycles. The van der Waals surface area contributed by atoms with Crippen molar-refractivity contribution in [3.05, 3.63) is 23.5 Å². The van der Waals surface area contributed by atoms with Crippen LogP contribution in [-0.2, 0) is 0 Å². The van der Waals surface area contributed by atoms with Crippen molar-refractivity contribution in [2.75, 3.05) is 0 Å². The molecule has 0 saturated heterocycles. The molecule has 0 atom stereocenters. The fraction of sp³-hybridized carbons (Fsp3) is 0.286. The number of aromatic nitrogens is 1. The average Bonchev–Trinajstić information content (AvgIpc) is 1.80. The number of hydrogen-bond acceptors (Lipinski definition) is 1. The van der Waals surface area contributed by atoms with E-state index in [-0.39, 0.29) is 0 Å². The molecule has 1 aromatic rings. The molecule has 0 fully saturated rings. The summed E-state index contributed by atoms with van der Waals surface area (Å²) in [6.45, 7) is 4.08. The second-order valence-corrected chi connectivity index (χ2v) is 3.90. The number of aryl methyl sites for hydroxylation is 2. The summed E-state index contributed by atoms with van der Waals surface area (Å²) >= 11 is 1.17. The van der Waals surface area contributed by atoms with E-state index in [9.17, 15) is 0 Å². The molecule has 1 nitrogen and oxygen atoms in total. The van der Waals surface area contributed by atoms with Gasteiger partial charge in [-0.1, -0.05) is 0 Å². The molecule has 0 spiro atoms. The van der Waals surface area contributed by atoms with E-state index in [1.165, 1.54) is 31.8 Å². The Kier molecular flexibility index (Phi) is 2.11. The van der Waals surface area contributed by atoms with Gasteiger partial charge in [0.05, 0.1) is 0 Å². The molecule has 1 rings (SSSR count). The molecule has 0 aliphatic rings. The number of rotatable bonds is 0. The SMILES string of the molecule is Cc1cc[c]([SnH])c(C)n1. The van der Waals surface area contributed by atoms with Gasteiger partial charge < -0.3 is 0 Å². The Balaban J connectivity index is 3.17. The van der Waals surface area contributed by atoms with Crippen molar-refractivity contribution in [1.82, 2.24) is 4.98 Å². The van der Waals surface area contributed by atoms with Gasteiger partial charge in [-0.25, -0.2) is 0 Å². The van der Waals surface area contributed by atoms with Crippen LogP contribution in [-0.4, -0.2) is 27.5 Å². The Hall–Kier alpha value is -0.0513. The molecule has 0 amide bonds. The van der Waals surface area contributed by atoms with Crippen LogP contribution in [0.3, 0.4) is 0 Å². The molecule has 9 heavy (non-hydrogen) atoms. The fourth-order valence-corrected chi connectivity index (χ4v) is 1.16. The zero-order valence-corrected chi connectivity index (χ0v) is 8.97. The summed E-state index contributed by atoms with van der Waals surface area (Å²) < 4.78 is 1.39. The van der Waals surface area contributed by atoms with Gasteiger partial charge in [0.2, 0.25) is 0 Å². The Morgan fingerprint density at radius 3 is 2.44 bits per heavy atom. The normalized spacial score (nSPS) is 9.67.